The molecule has 7 amide bonds. The third-order valence-corrected chi connectivity index (χ3v) is 17.8. The monoisotopic (exact) mass is 1340 g/mol. The van der Waals surface area contributed by atoms with Gasteiger partial charge >= 0.3 is 31.7 Å². The number of nitrogens with two attached hydrogens (primary N) is 2. The van der Waals surface area contributed by atoms with Crippen LogP contribution in [0, 0.1) is 11.8 Å². The summed E-state index contributed by atoms with van der Waals surface area (Å²) >= 11 is 9.29. The number of nitrogens with one attached hydrogen (secondary N) is 3. The van der Waals surface area contributed by atoms with Crippen LogP contribution in [0.25, 0.3) is 22.3 Å². The molecule has 33 nitrogen and oxygen atoms in total. The summed E-state index contributed by atoms with van der Waals surface area (Å²) in [4.78, 5) is 139. The van der Waals surface area contributed by atoms with E-state index in [1.54, 1.807) is 38.1 Å². The van der Waals surface area contributed by atoms with Crippen molar-refractivity contribution in [2.24, 2.45) is 17.6 Å². The first-order valence-corrected chi connectivity index (χ1v) is 32.9. The molecule has 484 valence electrons. The van der Waals surface area contributed by atoms with Gasteiger partial charge in [0.2, 0.25) is 5.91 Å². The number of urea groups is 1. The van der Waals surface area contributed by atoms with Crippen LogP contribution in [0.1, 0.15) is 56.7 Å². The number of fused-ring (bicyclic) bond motifs is 4. The van der Waals surface area contributed by atoms with Crippen molar-refractivity contribution in [3.63, 3.8) is 0 Å². The maximum absolute atomic E-state index is 16.7. The van der Waals surface area contributed by atoms with Crippen LogP contribution in [0.4, 0.5) is 34.8 Å². The van der Waals surface area contributed by atoms with Crippen LogP contribution in [0.15, 0.2) is 61.7 Å². The summed E-state index contributed by atoms with van der Waals surface area (Å²) in [6, 6.07) is 4.55. The summed E-state index contributed by atoms with van der Waals surface area (Å²) in [5.41, 5.74) is 12.3. The van der Waals surface area contributed by atoms with E-state index >= 15 is 8.78 Å². The van der Waals surface area contributed by atoms with Crippen LogP contribution in [-0.4, -0.2) is 191 Å². The molecule has 4 aromatic heterocycles. The smallest absolute Gasteiger partial charge is 0.412 e. The largest absolute Gasteiger partial charge is 0.447 e. The van der Waals surface area contributed by atoms with Gasteiger partial charge in [0, 0.05) is 57.5 Å². The number of alkyl halides is 2. The second-order valence-electron chi connectivity index (χ2n) is 21.2. The third kappa shape index (κ3) is 16.1. The number of ketones is 2. The van der Waals surface area contributed by atoms with Gasteiger partial charge in [-0.3, -0.25) is 56.9 Å². The van der Waals surface area contributed by atoms with E-state index in [0.717, 1.165) is 45.5 Å². The van der Waals surface area contributed by atoms with Crippen molar-refractivity contribution in [3.05, 3.63) is 72.9 Å². The van der Waals surface area contributed by atoms with Gasteiger partial charge in [-0.1, -0.05) is 50.4 Å². The van der Waals surface area contributed by atoms with E-state index in [1.165, 1.54) is 17.9 Å². The molecule has 0 bridgehead atoms. The molecule has 4 aliphatic heterocycles. The number of nitrogen functional groups attached to an aromatic ring is 1. The number of likely N-dealkylation sites (N-methyl/N-ethyl adjacent to an activating group) is 1. The first kappa shape index (κ1) is 66.8. The molecule has 0 spiro atoms. The number of imide groups is 1. The third-order valence-electron chi connectivity index (χ3n) is 14.6. The molecule has 3 saturated heterocycles. The summed E-state index contributed by atoms with van der Waals surface area (Å²) in [5.74, 6) is -3.81. The first-order chi connectivity index (χ1) is 42.8. The van der Waals surface area contributed by atoms with Crippen molar-refractivity contribution >= 4 is 119 Å². The highest BCUT2D eigenvalue weighted by molar-refractivity contribution is 8.44. The molecule has 2 unspecified atom stereocenters. The molecule has 0 saturated carbocycles. The number of primary amides is 1. The van der Waals surface area contributed by atoms with Crippen LogP contribution in [0.5, 0.6) is 0 Å². The summed E-state index contributed by atoms with van der Waals surface area (Å²) in [6.45, 7) is -7.88. The predicted molar refractivity (Wildman–Crippen MR) is 313 cm³/mol. The molecule has 1 aromatic carbocycles. The van der Waals surface area contributed by atoms with Crippen LogP contribution >= 0.6 is 25.8 Å². The molecule has 0 radical (unpaired) electrons. The Hall–Kier alpha value is -7.57. The standard InChI is InChI=1S/C51H61F2N15O18P2S2/c1-25(2)29(17-28(69)11-13-66-34(71)8-9-35(66)72)46(73)63-30(10-12-56-49(55)74)31(70)16-26-4-6-27(7-5-26)18-80-51(76)65(3)14-15-79-50(75)64-43-39-45(60-22-58-43)68(24-62-39)48-37(53)41-33(84-48)20-82-87(77,89)85-40-32(19-81-88(78,90)86-41)83-47(36(40)52)67-23-61-38-42(54)57-21-59-44(38)67/h4-9,21-25,29-30,32-33,36-37,40-41,47-48H,10-20H2,1-3H3,(H,63,73)(H,77,89)(H,78,90)(H2,54,57,59)(H3,55,56,74)(H,58,60,64,75)/t29-,30-,32-,33-,36-,37-,40-,41-,47-,48-,87?,88?/m1/s1. The summed E-state index contributed by atoms with van der Waals surface area (Å²) < 4.78 is 93.9. The maximum Gasteiger partial charge on any atom is 0.412 e. The Balaban J connectivity index is 0.737. The minimum absolute atomic E-state index is 0.00837. The minimum Gasteiger partial charge on any atom is -0.447 e. The van der Waals surface area contributed by atoms with Gasteiger partial charge in [-0.15, -0.1) is 0 Å². The SMILES string of the molecule is CC(C)[C@@H](CC(=O)CCN1C(=O)C=CC1=O)C(=O)N[C@H](CCNC(N)=O)C(=O)Cc1ccc(COC(=O)N(C)CCOC(=O)Nc2ncnc3c2ncn3[C@@H]2O[C@@H]3COP(O)(=S)O[C@H]4[C@@H](F)[C@H](n5cnc6c(N)ncnc65)O[C@@H]4COP(=O)(S)O[C@H]3[C@H]2F)cc1. The highest BCUT2D eigenvalue weighted by Gasteiger charge is 2.54. The van der Waals surface area contributed by atoms with E-state index < -0.39 is 130 Å². The average molecular weight is 1340 g/mol. The lowest BCUT2D eigenvalue weighted by atomic mass is 9.88. The fourth-order valence-electron chi connectivity index (χ4n) is 9.88. The predicted octanol–water partition coefficient (Wildman–Crippen LogP) is 2.81. The summed E-state index contributed by atoms with van der Waals surface area (Å²) in [7, 11) is 1.39. The zero-order valence-corrected chi connectivity index (χ0v) is 51.4. The number of thiol groups is 1. The number of amides is 7. The average Bonchev–Trinajstić information content (AvgIpc) is 1.69. The van der Waals surface area contributed by atoms with Crippen LogP contribution in [-0.2, 0) is 90.4 Å². The normalized spacial score (nSPS) is 25.8. The van der Waals surface area contributed by atoms with E-state index in [2.05, 4.69) is 58.1 Å². The zero-order chi connectivity index (χ0) is 64.8. The lowest BCUT2D eigenvalue weighted by molar-refractivity contribution is -0.137. The number of hydrogen-bond acceptors (Lipinski definition) is 25. The summed E-state index contributed by atoms with van der Waals surface area (Å²) in [6.07, 6.45) is -9.60. The number of Topliss-reactive ketones (excluding diaryl/α,β-unsaturated/α-hetero) is 2. The highest BCUT2D eigenvalue weighted by Crippen LogP contribution is 2.59. The van der Waals surface area contributed by atoms with Crippen molar-refractivity contribution in [1.82, 2.24) is 59.5 Å². The zero-order valence-electron chi connectivity index (χ0n) is 47.9. The van der Waals surface area contributed by atoms with Gasteiger partial charge in [0.15, 0.2) is 59.0 Å². The van der Waals surface area contributed by atoms with Crippen molar-refractivity contribution in [3.8, 4) is 0 Å². The molecule has 0 aliphatic carbocycles. The van der Waals surface area contributed by atoms with E-state index in [1.807, 2.05) is 0 Å². The van der Waals surface area contributed by atoms with E-state index in [-0.39, 0.29) is 104 Å². The van der Waals surface area contributed by atoms with Gasteiger partial charge in [0.05, 0.1) is 38.5 Å². The maximum atomic E-state index is 16.7. The molecule has 8 heterocycles. The Bertz CT molecular complexity index is 3670. The van der Waals surface area contributed by atoms with Gasteiger partial charge in [-0.2, -0.15) is 0 Å². The molecule has 39 heteroatoms. The van der Waals surface area contributed by atoms with Crippen LogP contribution in [0.3, 0.4) is 0 Å². The van der Waals surface area contributed by atoms with Crippen molar-refractivity contribution in [1.29, 1.82) is 0 Å². The van der Waals surface area contributed by atoms with E-state index in [9.17, 15) is 47.8 Å². The Morgan fingerprint density at radius 1 is 0.867 bits per heavy atom. The van der Waals surface area contributed by atoms with Gasteiger partial charge in [0.25, 0.3) is 11.8 Å². The molecule has 90 heavy (non-hydrogen) atoms. The highest BCUT2D eigenvalue weighted by atomic mass is 32.7. The van der Waals surface area contributed by atoms with Gasteiger partial charge < -0.3 is 55.4 Å². The number of hydrogen-bond donors (Lipinski definition) is 7. The number of carbonyl (C=O) groups is 8. The number of rotatable bonds is 22. The van der Waals surface area contributed by atoms with Crippen molar-refractivity contribution in [2.75, 3.05) is 57.6 Å². The molecule has 5 aromatic rings. The fourth-order valence-corrected chi connectivity index (χ4v) is 12.8. The van der Waals surface area contributed by atoms with Crippen LogP contribution < -0.4 is 27.4 Å². The van der Waals surface area contributed by atoms with Crippen molar-refractivity contribution in [2.45, 2.75) is 101 Å². The number of benzene rings is 1. The number of anilines is 2. The topological polar surface area (TPSA) is 430 Å². The molecule has 12 atom stereocenters. The molecule has 3 fully saturated rings. The first-order valence-electron chi connectivity index (χ1n) is 27.6. The molecule has 8 N–H and O–H groups in total. The number of carbonyl (C=O) groups excluding carboxylic acids is 8. The second-order valence-corrected chi connectivity index (χ2v) is 26.8. The number of imidazole rings is 2. The second kappa shape index (κ2) is 28.7. The lowest BCUT2D eigenvalue weighted by Crippen LogP contribution is -2.47. The number of halogens is 2. The van der Waals surface area contributed by atoms with E-state index in [4.69, 9.17) is 60.3 Å². The Morgan fingerprint density at radius 3 is 2.11 bits per heavy atom. The van der Waals surface area contributed by atoms with E-state index in [0.29, 0.717) is 11.1 Å². The lowest BCUT2D eigenvalue weighted by Gasteiger charge is -2.29. The number of ether oxygens (including phenoxy) is 4. The quantitative estimate of drug-likeness (QED) is 0.0297. The minimum atomic E-state index is -4.57. The van der Waals surface area contributed by atoms with Gasteiger partial charge in [-0.05, 0) is 35.3 Å². The summed E-state index contributed by atoms with van der Waals surface area (Å²) in [5, 5.41) is 7.54. The molecular weight excluding hydrogens is 1270 g/mol. The van der Waals surface area contributed by atoms with Gasteiger partial charge in [0.1, 0.15) is 61.6 Å². The Morgan fingerprint density at radius 2 is 1.47 bits per heavy atom. The Labute approximate surface area is 519 Å². The van der Waals surface area contributed by atoms with Crippen molar-refractivity contribution < 1.29 is 93.6 Å². The van der Waals surface area contributed by atoms with Crippen LogP contribution in [0.2, 0.25) is 0 Å². The van der Waals surface area contributed by atoms with Gasteiger partial charge in [-0.25, -0.2) is 57.6 Å². The number of aromatic nitrogens is 8. The fraction of sp³-hybridized carbons (Fsp3) is 0.490. The molecule has 4 aliphatic rings. The Kier molecular flexibility index (Phi) is 21.3. The number of nitrogens with zero attached hydrogens (tertiary/aromatic N) is 10. The molecular formula is C51H61F2N15O18P2S2. The molecule has 9 rings (SSSR count).